The van der Waals surface area contributed by atoms with Gasteiger partial charge in [0, 0.05) is 29.5 Å². The number of likely N-dealkylation sites (tertiary alicyclic amines) is 1. The van der Waals surface area contributed by atoms with Crippen LogP contribution in [0.2, 0.25) is 0 Å². The molecule has 1 saturated heterocycles. The summed E-state index contributed by atoms with van der Waals surface area (Å²) in [6.07, 6.45) is 1.22. The van der Waals surface area contributed by atoms with E-state index >= 15 is 0 Å². The van der Waals surface area contributed by atoms with Gasteiger partial charge < -0.3 is 24.3 Å². The highest BCUT2D eigenvalue weighted by molar-refractivity contribution is 5.86. The molecule has 7 nitrogen and oxygen atoms in total. The number of carboxylic acids is 1. The molecule has 1 atom stereocenters. The summed E-state index contributed by atoms with van der Waals surface area (Å²) in [7, 11) is 0. The van der Waals surface area contributed by atoms with Gasteiger partial charge in [-0.2, -0.15) is 0 Å². The van der Waals surface area contributed by atoms with E-state index in [0.29, 0.717) is 47.0 Å². The minimum atomic E-state index is -1.24. The second kappa shape index (κ2) is 6.82. The lowest BCUT2D eigenvalue weighted by Gasteiger charge is -2.25. The zero-order valence-corrected chi connectivity index (χ0v) is 14.7. The maximum Gasteiger partial charge on any atom is 0.339 e. The summed E-state index contributed by atoms with van der Waals surface area (Å²) in [6.45, 7) is 3.83. The van der Waals surface area contributed by atoms with Gasteiger partial charge in [0.2, 0.25) is 5.91 Å². The number of aliphatic carboxylic acids is 1. The normalized spacial score (nSPS) is 17.0. The molecule has 0 radical (unpaired) electrons. The maximum atomic E-state index is 12.4. The number of nitrogens with zero attached hydrogens (tertiary/aromatic N) is 1. The van der Waals surface area contributed by atoms with Gasteiger partial charge in [0.05, 0.1) is 12.0 Å². The molecule has 2 aromatic rings. The van der Waals surface area contributed by atoms with Gasteiger partial charge in [-0.05, 0) is 50.8 Å². The number of hydrogen-bond donors (Lipinski definition) is 1. The van der Waals surface area contributed by atoms with Crippen LogP contribution in [0.1, 0.15) is 36.0 Å². The van der Waals surface area contributed by atoms with E-state index in [4.69, 9.17) is 4.42 Å². The van der Waals surface area contributed by atoms with E-state index in [1.54, 1.807) is 19.9 Å². The molecule has 1 aliphatic heterocycles. The highest BCUT2D eigenvalue weighted by Crippen LogP contribution is 2.29. The van der Waals surface area contributed by atoms with Crippen LogP contribution in [0.15, 0.2) is 21.3 Å². The molecule has 138 valence electrons. The summed E-state index contributed by atoms with van der Waals surface area (Å²) < 4.78 is 5.36. The van der Waals surface area contributed by atoms with Crippen molar-refractivity contribution >= 4 is 22.8 Å². The summed E-state index contributed by atoms with van der Waals surface area (Å²) in [6, 6.07) is 2.32. The van der Waals surface area contributed by atoms with Crippen LogP contribution in [0.3, 0.4) is 0 Å². The zero-order chi connectivity index (χ0) is 19.0. The van der Waals surface area contributed by atoms with Crippen LogP contribution in [0.4, 0.5) is 0 Å². The highest BCUT2D eigenvalue weighted by atomic mass is 16.4. The third kappa shape index (κ3) is 3.05. The molecular weight excluding hydrogens is 338 g/mol. The van der Waals surface area contributed by atoms with Crippen molar-refractivity contribution in [3.05, 3.63) is 39.2 Å². The van der Waals surface area contributed by atoms with E-state index in [1.165, 1.54) is 11.0 Å². The topological polar surface area (TPSA) is 111 Å². The Morgan fingerprint density at radius 1 is 1.31 bits per heavy atom. The average molecular weight is 358 g/mol. The second-order valence-electron chi connectivity index (χ2n) is 6.64. The number of phenolic OH excluding ortho intramolecular Hbond substituents is 1. The molecule has 1 N–H and O–H groups in total. The predicted octanol–water partition coefficient (Wildman–Crippen LogP) is 0.789. The fourth-order valence-electron chi connectivity index (χ4n) is 3.55. The Morgan fingerprint density at radius 3 is 2.73 bits per heavy atom. The molecule has 2 heterocycles. The Labute approximate surface area is 149 Å². The van der Waals surface area contributed by atoms with Crippen molar-refractivity contribution < 1.29 is 24.2 Å². The van der Waals surface area contributed by atoms with Gasteiger partial charge in [0.25, 0.3) is 0 Å². The quantitative estimate of drug-likeness (QED) is 0.809. The number of fused-ring (bicyclic) bond motifs is 1. The Kier molecular flexibility index (Phi) is 4.71. The first-order chi connectivity index (χ1) is 12.3. The Balaban J connectivity index is 1.85. The molecule has 26 heavy (non-hydrogen) atoms. The standard InChI is InChI=1S/C19H21NO6/c1-10-12-5-7-15(21)11(2)17(12)26-19(25)13(10)6-8-16(22)20-9-3-4-14(20)18(23)24/h5,7,14,21H,3-4,6,8-9H2,1-2H3,(H,23,24)/p-1/t14-/m0/s1. The van der Waals surface area contributed by atoms with Crippen molar-refractivity contribution in [1.29, 1.82) is 0 Å². The lowest BCUT2D eigenvalue weighted by molar-refractivity contribution is -0.310. The Hall–Kier alpha value is -2.83. The second-order valence-corrected chi connectivity index (χ2v) is 6.64. The van der Waals surface area contributed by atoms with Crippen molar-refractivity contribution in [2.45, 2.75) is 45.6 Å². The lowest BCUT2D eigenvalue weighted by Crippen LogP contribution is -2.47. The predicted molar refractivity (Wildman–Crippen MR) is 91.7 cm³/mol. The van der Waals surface area contributed by atoms with Gasteiger partial charge in [-0.1, -0.05) is 0 Å². The van der Waals surface area contributed by atoms with E-state index < -0.39 is 17.6 Å². The number of carbonyl (C=O) groups excluding carboxylic acids is 2. The average Bonchev–Trinajstić information content (AvgIpc) is 3.08. The van der Waals surface area contributed by atoms with Gasteiger partial charge >= 0.3 is 5.63 Å². The number of phenols is 1. The molecular formula is C19H20NO6-. The van der Waals surface area contributed by atoms with E-state index in [9.17, 15) is 24.6 Å². The molecule has 1 aromatic carbocycles. The highest BCUT2D eigenvalue weighted by Gasteiger charge is 2.29. The molecule has 0 unspecified atom stereocenters. The molecule has 1 aliphatic rings. The number of aryl methyl sites for hydroxylation is 2. The maximum absolute atomic E-state index is 12.4. The Bertz CT molecular complexity index is 945. The number of carbonyl (C=O) groups is 2. The summed E-state index contributed by atoms with van der Waals surface area (Å²) in [5.41, 5.74) is 1.36. The van der Waals surface area contributed by atoms with E-state index in [2.05, 4.69) is 0 Å². The molecule has 1 aromatic heterocycles. The molecule has 0 saturated carbocycles. The molecule has 3 rings (SSSR count). The first kappa shape index (κ1) is 18.0. The van der Waals surface area contributed by atoms with Crippen molar-refractivity contribution in [3.8, 4) is 5.75 Å². The zero-order valence-electron chi connectivity index (χ0n) is 14.7. The lowest BCUT2D eigenvalue weighted by atomic mass is 10.00. The van der Waals surface area contributed by atoms with Crippen molar-refractivity contribution in [2.75, 3.05) is 6.54 Å². The Morgan fingerprint density at radius 2 is 2.04 bits per heavy atom. The first-order valence-electron chi connectivity index (χ1n) is 8.56. The molecule has 7 heteroatoms. The fraction of sp³-hybridized carbons (Fsp3) is 0.421. The number of rotatable bonds is 4. The van der Waals surface area contributed by atoms with Gasteiger partial charge in [-0.3, -0.25) is 4.79 Å². The fourth-order valence-corrected chi connectivity index (χ4v) is 3.55. The monoisotopic (exact) mass is 358 g/mol. The summed E-state index contributed by atoms with van der Waals surface area (Å²) in [5.74, 6) is -1.50. The summed E-state index contributed by atoms with van der Waals surface area (Å²) in [5, 5.41) is 21.6. The van der Waals surface area contributed by atoms with E-state index in [1.807, 2.05) is 0 Å². The smallest absolute Gasteiger partial charge is 0.339 e. The largest absolute Gasteiger partial charge is 0.548 e. The van der Waals surface area contributed by atoms with Crippen molar-refractivity contribution in [1.82, 2.24) is 4.90 Å². The van der Waals surface area contributed by atoms with E-state index in [-0.39, 0.29) is 24.5 Å². The van der Waals surface area contributed by atoms with Crippen LogP contribution in [0.25, 0.3) is 11.0 Å². The summed E-state index contributed by atoms with van der Waals surface area (Å²) in [4.78, 5) is 37.2. The minimum Gasteiger partial charge on any atom is -0.548 e. The van der Waals surface area contributed by atoms with Crippen LogP contribution in [0.5, 0.6) is 5.75 Å². The third-order valence-corrected chi connectivity index (χ3v) is 5.11. The molecule has 1 fully saturated rings. The number of hydrogen-bond acceptors (Lipinski definition) is 6. The molecule has 0 aliphatic carbocycles. The number of amides is 1. The summed E-state index contributed by atoms with van der Waals surface area (Å²) >= 11 is 0. The number of aromatic hydroxyl groups is 1. The molecule has 0 bridgehead atoms. The molecule has 1 amide bonds. The van der Waals surface area contributed by atoms with Crippen LogP contribution >= 0.6 is 0 Å². The SMILES string of the molecule is Cc1c(CCC(=O)N2CCC[C@H]2C(=O)[O-])c(=O)oc2c(C)c(O)ccc12. The third-order valence-electron chi connectivity index (χ3n) is 5.11. The van der Waals surface area contributed by atoms with Crippen LogP contribution < -0.4 is 10.7 Å². The minimum absolute atomic E-state index is 0.0257. The first-order valence-corrected chi connectivity index (χ1v) is 8.56. The molecule has 0 spiro atoms. The van der Waals surface area contributed by atoms with Gasteiger partial charge in [-0.15, -0.1) is 0 Å². The van der Waals surface area contributed by atoms with Gasteiger partial charge in [-0.25, -0.2) is 4.79 Å². The van der Waals surface area contributed by atoms with Gasteiger partial charge in [0.15, 0.2) is 0 Å². The van der Waals surface area contributed by atoms with E-state index in [0.717, 1.165) is 0 Å². The number of carboxylic acid groups (broad SMARTS) is 1. The van der Waals surface area contributed by atoms with Crippen LogP contribution in [0, 0.1) is 13.8 Å². The van der Waals surface area contributed by atoms with Crippen molar-refractivity contribution in [2.24, 2.45) is 0 Å². The number of benzene rings is 1. The van der Waals surface area contributed by atoms with Crippen LogP contribution in [-0.4, -0.2) is 34.5 Å². The van der Waals surface area contributed by atoms with Crippen LogP contribution in [-0.2, 0) is 16.0 Å². The van der Waals surface area contributed by atoms with Crippen molar-refractivity contribution in [3.63, 3.8) is 0 Å². The van der Waals surface area contributed by atoms with Gasteiger partial charge in [0.1, 0.15) is 11.3 Å².